The van der Waals surface area contributed by atoms with Gasteiger partial charge in [-0.25, -0.2) is 4.39 Å². The molecule has 0 bridgehead atoms. The van der Waals surface area contributed by atoms with Gasteiger partial charge in [-0.05, 0) is 38.7 Å². The number of aryl methyl sites for hydroxylation is 1. The van der Waals surface area contributed by atoms with Crippen LogP contribution in [0.4, 0.5) is 4.39 Å². The number of halogens is 1. The number of carbonyl (C=O) groups excluding carboxylic acids is 1. The van der Waals surface area contributed by atoms with Crippen molar-refractivity contribution < 1.29 is 9.18 Å². The molecule has 1 aromatic heterocycles. The summed E-state index contributed by atoms with van der Waals surface area (Å²) in [4.78, 5) is 16.6. The number of nitrogens with zero attached hydrogens (tertiary/aromatic N) is 5. The van der Waals surface area contributed by atoms with E-state index in [4.69, 9.17) is 0 Å². The summed E-state index contributed by atoms with van der Waals surface area (Å²) >= 11 is 0. The number of carbonyl (C=O) groups is 1. The van der Waals surface area contributed by atoms with Crippen LogP contribution in [-0.4, -0.2) is 51.8 Å². The van der Waals surface area contributed by atoms with E-state index in [0.717, 1.165) is 17.7 Å². The molecule has 6 nitrogen and oxygen atoms in total. The number of likely N-dealkylation sites (N-methyl/N-ethyl adjacent to an activating group) is 1. The Kier molecular flexibility index (Phi) is 5.81. The van der Waals surface area contributed by atoms with E-state index in [1.807, 2.05) is 32.0 Å². The third-order valence-electron chi connectivity index (χ3n) is 3.65. The molecule has 1 atom stereocenters. The summed E-state index contributed by atoms with van der Waals surface area (Å²) in [6.45, 7) is 3.46. The second-order valence-corrected chi connectivity index (χ2v) is 5.59. The topological polar surface area (TPSA) is 54.3 Å². The van der Waals surface area contributed by atoms with E-state index in [9.17, 15) is 9.18 Å². The first kappa shape index (κ1) is 17.1. The standard InChI is InChI=1S/C16H22FN5O/c1-4-22-18-9-15(19-22)10-21(12-23)11-16(20(2)3)13-6-5-7-14(17)8-13/h5-9,12,16H,4,10-11H2,1-3H3. The highest BCUT2D eigenvalue weighted by atomic mass is 19.1. The molecule has 0 aliphatic heterocycles. The summed E-state index contributed by atoms with van der Waals surface area (Å²) in [5.74, 6) is -0.280. The Bertz CT molecular complexity index is 643. The van der Waals surface area contributed by atoms with Gasteiger partial charge >= 0.3 is 0 Å². The molecule has 1 aromatic carbocycles. The van der Waals surface area contributed by atoms with Crippen LogP contribution >= 0.6 is 0 Å². The maximum atomic E-state index is 13.5. The minimum Gasteiger partial charge on any atom is -0.337 e. The van der Waals surface area contributed by atoms with Crippen LogP contribution in [0, 0.1) is 5.82 Å². The molecule has 124 valence electrons. The number of hydrogen-bond donors (Lipinski definition) is 0. The maximum absolute atomic E-state index is 13.5. The lowest BCUT2D eigenvalue weighted by molar-refractivity contribution is -0.119. The molecule has 0 aliphatic rings. The smallest absolute Gasteiger partial charge is 0.210 e. The van der Waals surface area contributed by atoms with Crippen molar-refractivity contribution >= 4 is 6.41 Å². The van der Waals surface area contributed by atoms with Crippen LogP contribution < -0.4 is 0 Å². The zero-order valence-corrected chi connectivity index (χ0v) is 13.7. The van der Waals surface area contributed by atoms with Crippen LogP contribution in [0.1, 0.15) is 24.2 Å². The van der Waals surface area contributed by atoms with Crippen LogP contribution in [0.2, 0.25) is 0 Å². The van der Waals surface area contributed by atoms with E-state index in [2.05, 4.69) is 10.2 Å². The minimum atomic E-state index is -0.280. The van der Waals surface area contributed by atoms with Gasteiger partial charge in [0.25, 0.3) is 0 Å². The van der Waals surface area contributed by atoms with Gasteiger partial charge in [0.2, 0.25) is 6.41 Å². The monoisotopic (exact) mass is 319 g/mol. The molecule has 0 aliphatic carbocycles. The van der Waals surface area contributed by atoms with Gasteiger partial charge in [0.05, 0.1) is 25.3 Å². The number of benzene rings is 1. The summed E-state index contributed by atoms with van der Waals surface area (Å²) in [5, 5.41) is 8.40. The predicted octanol–water partition coefficient (Wildman–Crippen LogP) is 1.70. The first-order valence-electron chi connectivity index (χ1n) is 7.53. The summed E-state index contributed by atoms with van der Waals surface area (Å²) in [6.07, 6.45) is 2.45. The fraction of sp³-hybridized carbons (Fsp3) is 0.438. The van der Waals surface area contributed by atoms with Crippen LogP contribution in [0.5, 0.6) is 0 Å². The molecule has 23 heavy (non-hydrogen) atoms. The van der Waals surface area contributed by atoms with E-state index in [-0.39, 0.29) is 11.9 Å². The lowest BCUT2D eigenvalue weighted by Crippen LogP contribution is -2.34. The molecule has 2 aromatic rings. The number of rotatable bonds is 8. The SMILES string of the molecule is CCn1ncc(CN(C=O)CC(c2cccc(F)c2)N(C)C)n1. The van der Waals surface area contributed by atoms with Crippen LogP contribution in [0.25, 0.3) is 0 Å². The number of hydrogen-bond acceptors (Lipinski definition) is 4. The second-order valence-electron chi connectivity index (χ2n) is 5.59. The number of amides is 1. The Balaban J connectivity index is 2.11. The third kappa shape index (κ3) is 4.59. The lowest BCUT2D eigenvalue weighted by Gasteiger charge is -2.29. The van der Waals surface area contributed by atoms with Crippen LogP contribution in [0.15, 0.2) is 30.5 Å². The zero-order valence-electron chi connectivity index (χ0n) is 13.7. The quantitative estimate of drug-likeness (QED) is 0.695. The largest absolute Gasteiger partial charge is 0.337 e. The van der Waals surface area contributed by atoms with Crippen molar-refractivity contribution in [3.63, 3.8) is 0 Å². The van der Waals surface area contributed by atoms with E-state index < -0.39 is 0 Å². The third-order valence-corrected chi connectivity index (χ3v) is 3.65. The van der Waals surface area contributed by atoms with Crippen molar-refractivity contribution in [2.75, 3.05) is 20.6 Å². The highest BCUT2D eigenvalue weighted by Gasteiger charge is 2.19. The molecule has 1 heterocycles. The highest BCUT2D eigenvalue weighted by molar-refractivity contribution is 5.47. The van der Waals surface area contributed by atoms with Gasteiger partial charge in [0.1, 0.15) is 11.5 Å². The van der Waals surface area contributed by atoms with Crippen molar-refractivity contribution in [1.82, 2.24) is 24.8 Å². The van der Waals surface area contributed by atoms with E-state index in [1.165, 1.54) is 12.1 Å². The van der Waals surface area contributed by atoms with Gasteiger partial charge in [-0.2, -0.15) is 15.0 Å². The Labute approximate surface area is 135 Å². The first-order valence-corrected chi connectivity index (χ1v) is 7.53. The molecular weight excluding hydrogens is 297 g/mol. The minimum absolute atomic E-state index is 0.0999. The zero-order chi connectivity index (χ0) is 16.8. The Hall–Kier alpha value is -2.28. The Morgan fingerprint density at radius 2 is 2.17 bits per heavy atom. The van der Waals surface area contributed by atoms with Gasteiger partial charge in [-0.1, -0.05) is 12.1 Å². The van der Waals surface area contributed by atoms with Crippen molar-refractivity contribution in [2.45, 2.75) is 26.1 Å². The highest BCUT2D eigenvalue weighted by Crippen LogP contribution is 2.20. The molecule has 0 spiro atoms. The normalized spacial score (nSPS) is 12.4. The molecule has 7 heteroatoms. The average molecular weight is 319 g/mol. The molecule has 1 unspecified atom stereocenters. The van der Waals surface area contributed by atoms with E-state index in [0.29, 0.717) is 19.6 Å². The molecular formula is C16H22FN5O. The van der Waals surface area contributed by atoms with Crippen molar-refractivity contribution in [1.29, 1.82) is 0 Å². The summed E-state index contributed by atoms with van der Waals surface area (Å²) in [7, 11) is 3.82. The predicted molar refractivity (Wildman–Crippen MR) is 85.0 cm³/mol. The van der Waals surface area contributed by atoms with Crippen molar-refractivity contribution in [2.24, 2.45) is 0 Å². The number of aromatic nitrogens is 3. The van der Waals surface area contributed by atoms with Gasteiger partial charge in [-0.15, -0.1) is 0 Å². The molecule has 0 radical (unpaired) electrons. The summed E-state index contributed by atoms with van der Waals surface area (Å²) in [6, 6.07) is 6.36. The van der Waals surface area contributed by atoms with Gasteiger partial charge in [-0.3, -0.25) is 4.79 Å². The molecule has 0 N–H and O–H groups in total. The average Bonchev–Trinajstić information content (AvgIpc) is 2.98. The summed E-state index contributed by atoms with van der Waals surface area (Å²) < 4.78 is 13.5. The maximum Gasteiger partial charge on any atom is 0.210 e. The molecule has 1 amide bonds. The Morgan fingerprint density at radius 3 is 2.74 bits per heavy atom. The lowest BCUT2D eigenvalue weighted by atomic mass is 10.1. The molecule has 2 rings (SSSR count). The van der Waals surface area contributed by atoms with E-state index >= 15 is 0 Å². The van der Waals surface area contributed by atoms with E-state index in [1.54, 1.807) is 22.0 Å². The van der Waals surface area contributed by atoms with Crippen molar-refractivity contribution in [3.8, 4) is 0 Å². The molecule has 0 fully saturated rings. The second kappa shape index (κ2) is 7.82. The Morgan fingerprint density at radius 1 is 1.39 bits per heavy atom. The summed E-state index contributed by atoms with van der Waals surface area (Å²) in [5.41, 5.74) is 1.56. The molecule has 0 saturated heterocycles. The van der Waals surface area contributed by atoms with Crippen molar-refractivity contribution in [3.05, 3.63) is 47.5 Å². The van der Waals surface area contributed by atoms with Gasteiger partial charge in [0, 0.05) is 6.54 Å². The van der Waals surface area contributed by atoms with Gasteiger partial charge in [0.15, 0.2) is 0 Å². The molecule has 0 saturated carbocycles. The fourth-order valence-electron chi connectivity index (χ4n) is 2.41. The van der Waals surface area contributed by atoms with Crippen LogP contribution in [0.3, 0.4) is 0 Å². The first-order chi connectivity index (χ1) is 11.0. The van der Waals surface area contributed by atoms with Gasteiger partial charge < -0.3 is 9.80 Å². The fourth-order valence-corrected chi connectivity index (χ4v) is 2.41. The van der Waals surface area contributed by atoms with Crippen LogP contribution in [-0.2, 0) is 17.9 Å².